The van der Waals surface area contributed by atoms with Gasteiger partial charge in [0.25, 0.3) is 5.91 Å². The van der Waals surface area contributed by atoms with E-state index >= 15 is 0 Å². The molecule has 0 saturated carbocycles. The molecule has 1 unspecified atom stereocenters. The number of fused-ring (bicyclic) bond motifs is 1. The maximum absolute atomic E-state index is 12.1. The Balaban J connectivity index is 1.23. The van der Waals surface area contributed by atoms with Crippen LogP contribution in [-0.2, 0) is 14.3 Å². The average Bonchev–Trinajstić information content (AvgIpc) is 3.42. The van der Waals surface area contributed by atoms with E-state index in [0.717, 1.165) is 19.4 Å². The molecular formula is C21H21NO7. The summed E-state index contributed by atoms with van der Waals surface area (Å²) in [6, 6.07) is 11.6. The van der Waals surface area contributed by atoms with Crippen LogP contribution in [0.3, 0.4) is 0 Å². The van der Waals surface area contributed by atoms with Crippen LogP contribution in [0.4, 0.5) is 5.69 Å². The van der Waals surface area contributed by atoms with Crippen LogP contribution in [0.1, 0.15) is 23.2 Å². The van der Waals surface area contributed by atoms with Gasteiger partial charge in [0, 0.05) is 18.4 Å². The molecule has 0 radical (unpaired) electrons. The summed E-state index contributed by atoms with van der Waals surface area (Å²) in [6.07, 6.45) is 2.18. The fourth-order valence-corrected chi connectivity index (χ4v) is 3.04. The molecular weight excluding hydrogens is 378 g/mol. The number of nitrogens with one attached hydrogen (secondary N) is 1. The number of hydrogen-bond acceptors (Lipinski definition) is 7. The lowest BCUT2D eigenvalue weighted by Gasteiger charge is -2.11. The minimum absolute atomic E-state index is 0.128. The maximum Gasteiger partial charge on any atom is 0.338 e. The second-order valence-corrected chi connectivity index (χ2v) is 6.66. The summed E-state index contributed by atoms with van der Waals surface area (Å²) in [7, 11) is 0. The number of rotatable bonds is 7. The first kappa shape index (κ1) is 19.1. The molecule has 2 aromatic rings. The van der Waals surface area contributed by atoms with Gasteiger partial charge in [-0.05, 0) is 49.2 Å². The standard InChI is InChI=1S/C21H21NO7/c23-20(22-15-5-8-18-19(10-15)29-13-28-18)12-27-21(24)14-3-6-16(7-4-14)26-11-17-2-1-9-25-17/h3-8,10,17H,1-2,9,11-13H2,(H,22,23). The minimum atomic E-state index is -0.587. The molecule has 0 bridgehead atoms. The second kappa shape index (κ2) is 8.83. The van der Waals surface area contributed by atoms with Gasteiger partial charge in [-0.2, -0.15) is 0 Å². The number of ether oxygens (including phenoxy) is 5. The lowest BCUT2D eigenvalue weighted by atomic mass is 10.2. The van der Waals surface area contributed by atoms with Gasteiger partial charge in [0.1, 0.15) is 12.4 Å². The molecule has 1 amide bonds. The fourth-order valence-electron chi connectivity index (χ4n) is 3.04. The highest BCUT2D eigenvalue weighted by atomic mass is 16.7. The number of amides is 1. The molecule has 4 rings (SSSR count). The van der Waals surface area contributed by atoms with Gasteiger partial charge in [-0.15, -0.1) is 0 Å². The van der Waals surface area contributed by atoms with E-state index in [-0.39, 0.29) is 12.9 Å². The molecule has 152 valence electrons. The first-order chi connectivity index (χ1) is 14.2. The Bertz CT molecular complexity index is 875. The Kier molecular flexibility index (Phi) is 5.81. The van der Waals surface area contributed by atoms with Crippen LogP contribution < -0.4 is 19.5 Å². The molecule has 0 spiro atoms. The monoisotopic (exact) mass is 399 g/mol. The Morgan fingerprint density at radius 2 is 1.90 bits per heavy atom. The van der Waals surface area contributed by atoms with E-state index in [2.05, 4.69) is 5.32 Å². The Morgan fingerprint density at radius 3 is 2.69 bits per heavy atom. The molecule has 8 nitrogen and oxygen atoms in total. The molecule has 1 atom stereocenters. The minimum Gasteiger partial charge on any atom is -0.491 e. The third-order valence-corrected chi connectivity index (χ3v) is 4.54. The van der Waals surface area contributed by atoms with E-state index in [1.54, 1.807) is 42.5 Å². The number of carbonyl (C=O) groups is 2. The Morgan fingerprint density at radius 1 is 1.07 bits per heavy atom. The summed E-state index contributed by atoms with van der Waals surface area (Å²) in [6.45, 7) is 1.03. The molecule has 1 fully saturated rings. The number of carbonyl (C=O) groups excluding carboxylic acids is 2. The van der Waals surface area contributed by atoms with Gasteiger partial charge in [-0.1, -0.05) is 0 Å². The predicted octanol–water partition coefficient (Wildman–Crippen LogP) is 2.77. The summed E-state index contributed by atoms with van der Waals surface area (Å²) in [4.78, 5) is 24.2. The first-order valence-corrected chi connectivity index (χ1v) is 9.38. The normalized spacial score (nSPS) is 17.0. The predicted molar refractivity (Wildman–Crippen MR) is 102 cm³/mol. The van der Waals surface area contributed by atoms with E-state index in [9.17, 15) is 9.59 Å². The molecule has 0 aliphatic carbocycles. The zero-order valence-electron chi connectivity index (χ0n) is 15.7. The van der Waals surface area contributed by atoms with Crippen molar-refractivity contribution in [3.05, 3.63) is 48.0 Å². The molecule has 8 heteroatoms. The van der Waals surface area contributed by atoms with Crippen molar-refractivity contribution in [2.45, 2.75) is 18.9 Å². The highest BCUT2D eigenvalue weighted by molar-refractivity contribution is 5.95. The third kappa shape index (κ3) is 4.97. The molecule has 2 aliphatic heterocycles. The van der Waals surface area contributed by atoms with Crippen LogP contribution in [0.15, 0.2) is 42.5 Å². The van der Waals surface area contributed by atoms with Gasteiger partial charge in [0.15, 0.2) is 18.1 Å². The van der Waals surface area contributed by atoms with Crippen molar-refractivity contribution in [2.24, 2.45) is 0 Å². The highest BCUT2D eigenvalue weighted by Gasteiger charge is 2.17. The topological polar surface area (TPSA) is 92.3 Å². The van der Waals surface area contributed by atoms with Crippen molar-refractivity contribution in [3.63, 3.8) is 0 Å². The van der Waals surface area contributed by atoms with Crippen LogP contribution in [0.25, 0.3) is 0 Å². The Hall–Kier alpha value is -3.26. The molecule has 29 heavy (non-hydrogen) atoms. The van der Waals surface area contributed by atoms with Crippen LogP contribution in [0.5, 0.6) is 17.2 Å². The first-order valence-electron chi connectivity index (χ1n) is 9.38. The van der Waals surface area contributed by atoms with Gasteiger partial charge in [-0.3, -0.25) is 4.79 Å². The van der Waals surface area contributed by atoms with Gasteiger partial charge in [-0.25, -0.2) is 4.79 Å². The van der Waals surface area contributed by atoms with Crippen LogP contribution in [0.2, 0.25) is 0 Å². The van der Waals surface area contributed by atoms with Crippen molar-refractivity contribution in [1.82, 2.24) is 0 Å². The number of anilines is 1. The molecule has 1 N–H and O–H groups in total. The van der Waals surface area contributed by atoms with Crippen molar-refractivity contribution < 1.29 is 33.3 Å². The van der Waals surface area contributed by atoms with Crippen molar-refractivity contribution in [2.75, 3.05) is 31.9 Å². The number of esters is 1. The largest absolute Gasteiger partial charge is 0.491 e. The Labute approximate surface area is 167 Å². The average molecular weight is 399 g/mol. The van der Waals surface area contributed by atoms with E-state index in [4.69, 9.17) is 23.7 Å². The van der Waals surface area contributed by atoms with Gasteiger partial charge >= 0.3 is 5.97 Å². The number of hydrogen-bond donors (Lipinski definition) is 1. The zero-order chi connectivity index (χ0) is 20.1. The quantitative estimate of drug-likeness (QED) is 0.716. The molecule has 2 aromatic carbocycles. The SMILES string of the molecule is O=C(COC(=O)c1ccc(OCC2CCCO2)cc1)Nc1ccc2c(c1)OCO2. The van der Waals surface area contributed by atoms with E-state index in [0.29, 0.717) is 35.1 Å². The smallest absolute Gasteiger partial charge is 0.338 e. The zero-order valence-corrected chi connectivity index (χ0v) is 15.7. The van der Waals surface area contributed by atoms with E-state index < -0.39 is 18.5 Å². The van der Waals surface area contributed by atoms with Crippen molar-refractivity contribution in [3.8, 4) is 17.2 Å². The van der Waals surface area contributed by atoms with Gasteiger partial charge < -0.3 is 29.0 Å². The van der Waals surface area contributed by atoms with Crippen LogP contribution >= 0.6 is 0 Å². The van der Waals surface area contributed by atoms with Crippen molar-refractivity contribution >= 4 is 17.6 Å². The lowest BCUT2D eigenvalue weighted by molar-refractivity contribution is -0.119. The van der Waals surface area contributed by atoms with Crippen molar-refractivity contribution in [1.29, 1.82) is 0 Å². The maximum atomic E-state index is 12.1. The van der Waals surface area contributed by atoms with Crippen LogP contribution in [-0.4, -0.2) is 44.6 Å². The molecule has 1 saturated heterocycles. The van der Waals surface area contributed by atoms with E-state index in [1.165, 1.54) is 0 Å². The van der Waals surface area contributed by atoms with Gasteiger partial charge in [0.2, 0.25) is 6.79 Å². The summed E-state index contributed by atoms with van der Waals surface area (Å²) in [5.74, 6) is 0.794. The summed E-state index contributed by atoms with van der Waals surface area (Å²) < 4.78 is 26.7. The van der Waals surface area contributed by atoms with Crippen LogP contribution in [0, 0.1) is 0 Å². The van der Waals surface area contributed by atoms with Gasteiger partial charge in [0.05, 0.1) is 11.7 Å². The molecule has 0 aromatic heterocycles. The van der Waals surface area contributed by atoms with E-state index in [1.807, 2.05) is 0 Å². The lowest BCUT2D eigenvalue weighted by Crippen LogP contribution is -2.21. The molecule has 2 heterocycles. The third-order valence-electron chi connectivity index (χ3n) is 4.54. The second-order valence-electron chi connectivity index (χ2n) is 6.66. The summed E-state index contributed by atoms with van der Waals surface area (Å²) in [5, 5.41) is 2.65. The molecule has 2 aliphatic rings. The summed E-state index contributed by atoms with van der Waals surface area (Å²) >= 11 is 0. The highest BCUT2D eigenvalue weighted by Crippen LogP contribution is 2.34. The fraction of sp³-hybridized carbons (Fsp3) is 0.333. The summed E-state index contributed by atoms with van der Waals surface area (Å²) in [5.41, 5.74) is 0.869. The number of benzene rings is 2.